The molecule has 0 unspecified atom stereocenters. The molecule has 2 aromatic carbocycles. The normalized spacial score (nSPS) is 12.0. The molecule has 1 atom stereocenters. The van der Waals surface area contributed by atoms with Crippen LogP contribution in [0.1, 0.15) is 52.0 Å². The van der Waals surface area contributed by atoms with Crippen LogP contribution in [0.5, 0.6) is 5.75 Å². The van der Waals surface area contributed by atoms with Crippen LogP contribution in [0.15, 0.2) is 53.0 Å². The quantitative estimate of drug-likeness (QED) is 0.300. The average molecular weight is 597 g/mol. The van der Waals surface area contributed by atoms with Gasteiger partial charge in [0.25, 0.3) is 0 Å². The molecule has 2 amide bonds. The maximum atomic E-state index is 13.4. The minimum absolute atomic E-state index is 0.0892. The molecular formula is C27H38BrN3O5S. The van der Waals surface area contributed by atoms with Gasteiger partial charge in [-0.1, -0.05) is 53.5 Å². The lowest BCUT2D eigenvalue weighted by Crippen LogP contribution is -2.48. The predicted molar refractivity (Wildman–Crippen MR) is 151 cm³/mol. The highest BCUT2D eigenvalue weighted by atomic mass is 79.9. The van der Waals surface area contributed by atoms with E-state index in [1.165, 1.54) is 4.31 Å². The fraction of sp³-hybridized carbons (Fsp3) is 0.481. The number of nitrogens with one attached hydrogen (secondary N) is 1. The summed E-state index contributed by atoms with van der Waals surface area (Å²) in [5, 5.41) is 2.91. The lowest BCUT2D eigenvalue weighted by molar-refractivity contribution is -0.140. The van der Waals surface area contributed by atoms with Gasteiger partial charge in [-0.2, -0.15) is 0 Å². The fourth-order valence-electron chi connectivity index (χ4n) is 3.83. The van der Waals surface area contributed by atoms with Crippen LogP contribution in [0.3, 0.4) is 0 Å². The van der Waals surface area contributed by atoms with Crippen molar-refractivity contribution in [1.82, 2.24) is 10.2 Å². The minimum Gasteiger partial charge on any atom is -0.492 e. The third kappa shape index (κ3) is 9.66. The third-order valence-corrected chi connectivity index (χ3v) is 7.56. The first-order valence-electron chi connectivity index (χ1n) is 12.6. The van der Waals surface area contributed by atoms with Crippen molar-refractivity contribution in [3.8, 4) is 5.75 Å². The second kappa shape index (κ2) is 15.0. The number of benzene rings is 2. The summed E-state index contributed by atoms with van der Waals surface area (Å²) in [5.41, 5.74) is 1.34. The Hall–Kier alpha value is -2.59. The van der Waals surface area contributed by atoms with Crippen LogP contribution in [-0.2, 0) is 26.2 Å². The van der Waals surface area contributed by atoms with E-state index in [-0.39, 0.29) is 37.7 Å². The summed E-state index contributed by atoms with van der Waals surface area (Å²) in [6, 6.07) is 13.9. The summed E-state index contributed by atoms with van der Waals surface area (Å²) in [7, 11) is -3.61. The second-order valence-corrected chi connectivity index (χ2v) is 11.6. The first-order valence-corrected chi connectivity index (χ1v) is 15.2. The highest BCUT2D eigenvalue weighted by molar-refractivity contribution is 9.10. The van der Waals surface area contributed by atoms with Crippen molar-refractivity contribution in [3.63, 3.8) is 0 Å². The Morgan fingerprint density at radius 1 is 1.05 bits per heavy atom. The number of rotatable bonds is 15. The van der Waals surface area contributed by atoms with Gasteiger partial charge >= 0.3 is 0 Å². The van der Waals surface area contributed by atoms with Crippen LogP contribution < -0.4 is 14.4 Å². The lowest BCUT2D eigenvalue weighted by Gasteiger charge is -2.29. The van der Waals surface area contributed by atoms with Crippen LogP contribution in [0.25, 0.3) is 0 Å². The molecule has 0 radical (unpaired) electrons. The maximum absolute atomic E-state index is 13.4. The SMILES string of the molecule is CCCCNC(=O)[C@H](C)N(Cc1ccc(Br)cc1)C(=O)CCCN(c1ccccc1OCC)S(C)(=O)=O. The van der Waals surface area contributed by atoms with Crippen molar-refractivity contribution in [3.05, 3.63) is 58.6 Å². The van der Waals surface area contributed by atoms with E-state index in [1.54, 1.807) is 36.1 Å². The van der Waals surface area contributed by atoms with E-state index in [9.17, 15) is 18.0 Å². The molecule has 204 valence electrons. The molecule has 0 saturated heterocycles. The van der Waals surface area contributed by atoms with Gasteiger partial charge in [-0.3, -0.25) is 13.9 Å². The van der Waals surface area contributed by atoms with Gasteiger partial charge in [0.2, 0.25) is 21.8 Å². The number of amides is 2. The molecular weight excluding hydrogens is 558 g/mol. The maximum Gasteiger partial charge on any atom is 0.242 e. The van der Waals surface area contributed by atoms with E-state index in [2.05, 4.69) is 21.2 Å². The van der Waals surface area contributed by atoms with Gasteiger partial charge in [-0.15, -0.1) is 0 Å². The lowest BCUT2D eigenvalue weighted by atomic mass is 10.1. The van der Waals surface area contributed by atoms with Crippen LogP contribution in [0.4, 0.5) is 5.69 Å². The van der Waals surface area contributed by atoms with Gasteiger partial charge in [0.05, 0.1) is 18.6 Å². The molecule has 0 saturated carbocycles. The molecule has 0 aliphatic heterocycles. The van der Waals surface area contributed by atoms with Crippen LogP contribution in [-0.4, -0.2) is 57.1 Å². The van der Waals surface area contributed by atoms with Crippen molar-refractivity contribution in [1.29, 1.82) is 0 Å². The minimum atomic E-state index is -3.61. The number of hydrogen-bond donors (Lipinski definition) is 1. The molecule has 2 rings (SSSR count). The molecule has 2 aromatic rings. The third-order valence-electron chi connectivity index (χ3n) is 5.85. The van der Waals surface area contributed by atoms with E-state index in [0.29, 0.717) is 24.6 Å². The Morgan fingerprint density at radius 3 is 2.35 bits per heavy atom. The number of halogens is 1. The molecule has 0 fully saturated rings. The Bertz CT molecular complexity index is 1130. The monoisotopic (exact) mass is 595 g/mol. The van der Waals surface area contributed by atoms with Gasteiger partial charge < -0.3 is 15.0 Å². The Morgan fingerprint density at radius 2 is 1.73 bits per heavy atom. The summed E-state index contributed by atoms with van der Waals surface area (Å²) in [6.45, 7) is 6.94. The van der Waals surface area contributed by atoms with Gasteiger partial charge in [0, 0.05) is 30.5 Å². The number of unbranched alkanes of at least 4 members (excludes halogenated alkanes) is 1. The molecule has 10 heteroatoms. The molecule has 37 heavy (non-hydrogen) atoms. The number of anilines is 1. The zero-order valence-electron chi connectivity index (χ0n) is 22.1. The first-order chi connectivity index (χ1) is 17.6. The molecule has 0 aromatic heterocycles. The second-order valence-electron chi connectivity index (χ2n) is 8.81. The highest BCUT2D eigenvalue weighted by Crippen LogP contribution is 2.30. The molecule has 8 nitrogen and oxygen atoms in total. The van der Waals surface area contributed by atoms with Crippen LogP contribution in [0, 0.1) is 0 Å². The van der Waals surface area contributed by atoms with Crippen molar-refractivity contribution >= 4 is 43.5 Å². The van der Waals surface area contributed by atoms with Crippen LogP contribution >= 0.6 is 15.9 Å². The van der Waals surface area contributed by atoms with Crippen molar-refractivity contribution in [2.24, 2.45) is 0 Å². The number of sulfonamides is 1. The highest BCUT2D eigenvalue weighted by Gasteiger charge is 2.27. The number of carbonyl (C=O) groups is 2. The molecule has 0 bridgehead atoms. The molecule has 1 N–H and O–H groups in total. The number of carbonyl (C=O) groups excluding carboxylic acids is 2. The number of nitrogens with zero attached hydrogens (tertiary/aromatic N) is 2. The summed E-state index contributed by atoms with van der Waals surface area (Å²) < 4.78 is 33.0. The molecule has 0 spiro atoms. The van der Waals surface area contributed by atoms with E-state index < -0.39 is 16.1 Å². The molecule has 0 heterocycles. The largest absolute Gasteiger partial charge is 0.492 e. The van der Waals surface area contributed by atoms with Gasteiger partial charge in [0.1, 0.15) is 11.8 Å². The standard InChI is InChI=1S/C27H38BrN3O5S/c1-5-7-18-29-27(33)21(3)30(20-22-14-16-23(28)17-15-22)26(32)13-10-19-31(37(4,34)35)24-11-8-9-12-25(24)36-6-2/h8-9,11-12,14-17,21H,5-7,10,13,18-20H2,1-4H3,(H,29,33)/t21-/m0/s1. The van der Waals surface area contributed by atoms with Gasteiger partial charge in [-0.05, 0) is 56.5 Å². The van der Waals surface area contributed by atoms with Crippen molar-refractivity contribution in [2.45, 2.75) is 59.0 Å². The summed E-state index contributed by atoms with van der Waals surface area (Å²) >= 11 is 3.42. The van der Waals surface area contributed by atoms with Crippen LogP contribution in [0.2, 0.25) is 0 Å². The molecule has 0 aliphatic carbocycles. The first kappa shape index (κ1) is 30.6. The van der Waals surface area contributed by atoms with E-state index in [4.69, 9.17) is 4.74 Å². The zero-order valence-corrected chi connectivity index (χ0v) is 24.5. The summed E-state index contributed by atoms with van der Waals surface area (Å²) in [6.07, 6.45) is 3.34. The molecule has 0 aliphatic rings. The van der Waals surface area contributed by atoms with E-state index in [1.807, 2.05) is 38.1 Å². The number of para-hydroxylation sites is 2. The van der Waals surface area contributed by atoms with Gasteiger partial charge in [-0.25, -0.2) is 8.42 Å². The van der Waals surface area contributed by atoms with Gasteiger partial charge in [0.15, 0.2) is 0 Å². The Kier molecular flexibility index (Phi) is 12.4. The predicted octanol–water partition coefficient (Wildman–Crippen LogP) is 4.73. The zero-order chi connectivity index (χ0) is 27.4. The smallest absolute Gasteiger partial charge is 0.242 e. The van der Waals surface area contributed by atoms with Crippen molar-refractivity contribution in [2.75, 3.05) is 30.3 Å². The number of hydrogen-bond acceptors (Lipinski definition) is 5. The van der Waals surface area contributed by atoms with Crippen molar-refractivity contribution < 1.29 is 22.7 Å². The Balaban J connectivity index is 2.17. The number of ether oxygens (including phenoxy) is 1. The van der Waals surface area contributed by atoms with E-state index >= 15 is 0 Å². The average Bonchev–Trinajstić information content (AvgIpc) is 2.86. The summed E-state index contributed by atoms with van der Waals surface area (Å²) in [5.74, 6) is 0.0471. The Labute approximate surface area is 229 Å². The summed E-state index contributed by atoms with van der Waals surface area (Å²) in [4.78, 5) is 27.7. The van der Waals surface area contributed by atoms with E-state index in [0.717, 1.165) is 29.1 Å². The topological polar surface area (TPSA) is 96.0 Å². The fourth-order valence-corrected chi connectivity index (χ4v) is 5.06.